The van der Waals surface area contributed by atoms with Crippen LogP contribution in [0.25, 0.3) is 0 Å². The lowest BCUT2D eigenvalue weighted by Crippen LogP contribution is -2.59. The van der Waals surface area contributed by atoms with E-state index in [0.29, 0.717) is 19.7 Å². The van der Waals surface area contributed by atoms with E-state index in [-0.39, 0.29) is 12.0 Å². The van der Waals surface area contributed by atoms with Crippen molar-refractivity contribution < 1.29 is 14.6 Å². The average Bonchev–Trinajstić information content (AvgIpc) is 2.46. The number of hydrogen-bond donors (Lipinski definition) is 1. The van der Waals surface area contributed by atoms with Crippen LogP contribution < -0.4 is 0 Å². The van der Waals surface area contributed by atoms with Gasteiger partial charge in [0.15, 0.2) is 0 Å². The largest absolute Gasteiger partial charge is 0.389 e. The van der Waals surface area contributed by atoms with E-state index in [1.807, 2.05) is 6.92 Å². The Morgan fingerprint density at radius 3 is 2.77 bits per heavy atom. The van der Waals surface area contributed by atoms with Gasteiger partial charge in [-0.05, 0) is 19.8 Å². The molecule has 0 radical (unpaired) electrons. The summed E-state index contributed by atoms with van der Waals surface area (Å²) in [4.78, 5) is 13.4. The van der Waals surface area contributed by atoms with Gasteiger partial charge in [0, 0.05) is 19.7 Å². The second-order valence-corrected chi connectivity index (χ2v) is 4.05. The Labute approximate surface area is 77.5 Å². The molecule has 0 aromatic rings. The van der Waals surface area contributed by atoms with Crippen molar-refractivity contribution in [2.24, 2.45) is 0 Å². The molecule has 4 nitrogen and oxygen atoms in total. The highest BCUT2D eigenvalue weighted by atomic mass is 16.5. The summed E-state index contributed by atoms with van der Waals surface area (Å²) in [5.41, 5.74) is -0.611. The van der Waals surface area contributed by atoms with Gasteiger partial charge in [-0.2, -0.15) is 0 Å². The Bertz CT molecular complexity index is 217. The molecule has 4 heteroatoms. The predicted octanol–water partition coefficient (Wildman–Crippen LogP) is -0.241. The lowest BCUT2D eigenvalue weighted by atomic mass is 9.98. The second-order valence-electron chi connectivity index (χ2n) is 4.05. The van der Waals surface area contributed by atoms with Gasteiger partial charge in [-0.3, -0.25) is 4.79 Å². The average molecular weight is 185 g/mol. The third kappa shape index (κ3) is 1.44. The van der Waals surface area contributed by atoms with Crippen LogP contribution in [0.2, 0.25) is 0 Å². The Hall–Kier alpha value is -0.610. The molecule has 2 aliphatic heterocycles. The Morgan fingerprint density at radius 1 is 1.62 bits per heavy atom. The van der Waals surface area contributed by atoms with Gasteiger partial charge in [0.2, 0.25) is 0 Å². The SMILES string of the molecule is CC1(C(=O)N2CC(O)C2)CCCO1. The van der Waals surface area contributed by atoms with E-state index >= 15 is 0 Å². The molecular formula is C9H15NO3. The number of β-amino-alcohol motifs (C(OH)–C–C–N with tert-alkyl or cyclic N) is 1. The first-order valence-corrected chi connectivity index (χ1v) is 4.73. The van der Waals surface area contributed by atoms with Crippen LogP contribution in [0.1, 0.15) is 19.8 Å². The van der Waals surface area contributed by atoms with Crippen LogP contribution in [0, 0.1) is 0 Å². The van der Waals surface area contributed by atoms with Gasteiger partial charge in [0.1, 0.15) is 5.60 Å². The lowest BCUT2D eigenvalue weighted by molar-refractivity contribution is -0.161. The molecule has 2 rings (SSSR count). The number of carbonyl (C=O) groups excluding carboxylic acids is 1. The van der Waals surface area contributed by atoms with E-state index in [1.165, 1.54) is 0 Å². The molecule has 1 amide bonds. The number of hydrogen-bond acceptors (Lipinski definition) is 3. The van der Waals surface area contributed by atoms with Crippen LogP contribution in [-0.4, -0.2) is 47.3 Å². The van der Waals surface area contributed by atoms with Crippen molar-refractivity contribution in [3.63, 3.8) is 0 Å². The predicted molar refractivity (Wildman–Crippen MR) is 46.2 cm³/mol. The van der Waals surface area contributed by atoms with E-state index in [0.717, 1.165) is 12.8 Å². The normalized spacial score (nSPS) is 34.8. The van der Waals surface area contributed by atoms with Crippen LogP contribution in [0.5, 0.6) is 0 Å². The zero-order chi connectivity index (χ0) is 9.47. The van der Waals surface area contributed by atoms with Gasteiger partial charge < -0.3 is 14.7 Å². The number of ether oxygens (including phenoxy) is 1. The molecule has 74 valence electrons. The minimum atomic E-state index is -0.611. The van der Waals surface area contributed by atoms with Crippen molar-refractivity contribution in [1.82, 2.24) is 4.90 Å². The minimum Gasteiger partial charge on any atom is -0.389 e. The molecule has 13 heavy (non-hydrogen) atoms. The first-order chi connectivity index (χ1) is 6.12. The zero-order valence-electron chi connectivity index (χ0n) is 7.82. The van der Waals surface area contributed by atoms with E-state index in [2.05, 4.69) is 0 Å². The van der Waals surface area contributed by atoms with Crippen LogP contribution in [0.15, 0.2) is 0 Å². The fourth-order valence-corrected chi connectivity index (χ4v) is 1.90. The number of amides is 1. The summed E-state index contributed by atoms with van der Waals surface area (Å²) in [6.07, 6.45) is 1.44. The Morgan fingerprint density at radius 2 is 2.31 bits per heavy atom. The van der Waals surface area contributed by atoms with Crippen molar-refractivity contribution in [2.45, 2.75) is 31.5 Å². The molecule has 1 atom stereocenters. The third-order valence-corrected chi connectivity index (χ3v) is 2.82. The summed E-state index contributed by atoms with van der Waals surface area (Å²) < 4.78 is 5.42. The molecule has 2 saturated heterocycles. The number of aliphatic hydroxyl groups is 1. The van der Waals surface area contributed by atoms with Gasteiger partial charge in [-0.25, -0.2) is 0 Å². The maximum Gasteiger partial charge on any atom is 0.254 e. The lowest BCUT2D eigenvalue weighted by Gasteiger charge is -2.40. The molecule has 0 spiro atoms. The molecule has 0 bridgehead atoms. The third-order valence-electron chi connectivity index (χ3n) is 2.82. The second kappa shape index (κ2) is 2.96. The van der Waals surface area contributed by atoms with Gasteiger partial charge in [0.05, 0.1) is 6.10 Å². The molecule has 0 aromatic heterocycles. The number of nitrogens with zero attached hydrogens (tertiary/aromatic N) is 1. The molecule has 0 aromatic carbocycles. The van der Waals surface area contributed by atoms with Crippen molar-refractivity contribution in [3.8, 4) is 0 Å². The maximum absolute atomic E-state index is 11.8. The zero-order valence-corrected chi connectivity index (χ0v) is 7.82. The van der Waals surface area contributed by atoms with Crippen LogP contribution in [-0.2, 0) is 9.53 Å². The molecule has 2 aliphatic rings. The minimum absolute atomic E-state index is 0.0373. The molecule has 2 fully saturated rings. The number of carbonyl (C=O) groups is 1. The fourth-order valence-electron chi connectivity index (χ4n) is 1.90. The van der Waals surface area contributed by atoms with Crippen LogP contribution >= 0.6 is 0 Å². The summed E-state index contributed by atoms with van der Waals surface area (Å²) in [6.45, 7) is 3.46. The highest BCUT2D eigenvalue weighted by Crippen LogP contribution is 2.28. The van der Waals surface area contributed by atoms with E-state index < -0.39 is 5.60 Å². The standard InChI is InChI=1S/C9H15NO3/c1-9(3-2-4-13-9)8(12)10-5-7(11)6-10/h7,11H,2-6H2,1H3. The smallest absolute Gasteiger partial charge is 0.254 e. The number of likely N-dealkylation sites (tertiary alicyclic amines) is 1. The summed E-state index contributed by atoms with van der Waals surface area (Å²) in [6, 6.07) is 0. The van der Waals surface area contributed by atoms with Crippen LogP contribution in [0.3, 0.4) is 0 Å². The Kier molecular flexibility index (Phi) is 2.04. The topological polar surface area (TPSA) is 49.8 Å². The fraction of sp³-hybridized carbons (Fsp3) is 0.889. The van der Waals surface area contributed by atoms with E-state index in [9.17, 15) is 4.79 Å². The maximum atomic E-state index is 11.8. The summed E-state index contributed by atoms with van der Waals surface area (Å²) in [5.74, 6) is 0.0373. The monoisotopic (exact) mass is 185 g/mol. The van der Waals surface area contributed by atoms with Crippen molar-refractivity contribution in [1.29, 1.82) is 0 Å². The molecule has 0 saturated carbocycles. The molecule has 1 N–H and O–H groups in total. The quantitative estimate of drug-likeness (QED) is 0.613. The first-order valence-electron chi connectivity index (χ1n) is 4.73. The summed E-state index contributed by atoms with van der Waals surface area (Å²) in [7, 11) is 0. The van der Waals surface area contributed by atoms with Gasteiger partial charge in [0.25, 0.3) is 5.91 Å². The molecule has 2 heterocycles. The van der Waals surface area contributed by atoms with Crippen molar-refractivity contribution >= 4 is 5.91 Å². The van der Waals surface area contributed by atoms with Gasteiger partial charge in [-0.15, -0.1) is 0 Å². The summed E-state index contributed by atoms with van der Waals surface area (Å²) in [5, 5.41) is 9.06. The Balaban J connectivity index is 1.96. The van der Waals surface area contributed by atoms with Crippen LogP contribution in [0.4, 0.5) is 0 Å². The van der Waals surface area contributed by atoms with Crippen molar-refractivity contribution in [3.05, 3.63) is 0 Å². The highest BCUT2D eigenvalue weighted by molar-refractivity contribution is 5.85. The van der Waals surface area contributed by atoms with E-state index in [1.54, 1.807) is 4.90 Å². The number of rotatable bonds is 1. The van der Waals surface area contributed by atoms with Gasteiger partial charge >= 0.3 is 0 Å². The molecule has 1 unspecified atom stereocenters. The van der Waals surface area contributed by atoms with Gasteiger partial charge in [-0.1, -0.05) is 0 Å². The van der Waals surface area contributed by atoms with Crippen molar-refractivity contribution in [2.75, 3.05) is 19.7 Å². The van der Waals surface area contributed by atoms with E-state index in [4.69, 9.17) is 9.84 Å². The summed E-state index contributed by atoms with van der Waals surface area (Å²) >= 11 is 0. The highest BCUT2D eigenvalue weighted by Gasteiger charge is 2.43. The first kappa shape index (κ1) is 8.97. The number of aliphatic hydroxyl groups excluding tert-OH is 1. The molecule has 0 aliphatic carbocycles. The molecular weight excluding hydrogens is 170 g/mol.